The van der Waals surface area contributed by atoms with E-state index in [2.05, 4.69) is 142 Å². The van der Waals surface area contributed by atoms with Crippen molar-refractivity contribution in [1.82, 2.24) is 0 Å². The number of hydrogen-bond acceptors (Lipinski definition) is 10. The molecule has 0 amide bonds. The van der Waals surface area contributed by atoms with Gasteiger partial charge in [0.05, 0.1) is 19.8 Å². The summed E-state index contributed by atoms with van der Waals surface area (Å²) in [6.07, 6.45) is 74.1. The highest BCUT2D eigenvalue weighted by atomic mass is 31.2. The zero-order chi connectivity index (χ0) is 56.9. The Kier molecular flexibility index (Phi) is 55.5. The van der Waals surface area contributed by atoms with Gasteiger partial charge in [-0.25, -0.2) is 4.57 Å². The highest BCUT2D eigenvalue weighted by Gasteiger charge is 2.28. The molecule has 0 aliphatic rings. The number of hydrogen-bond donors (Lipinski definition) is 2. The Morgan fingerprint density at radius 3 is 1.08 bits per heavy atom. The standard InChI is InChI=1S/C66H107O11P/c1-4-7-10-13-16-19-22-25-28-30-31-33-35-37-40-43-46-49-52-55-64(68)73-59-63(77-66(70)57-54-51-48-45-42-39-36-32-29-26-23-20-17-14-11-8-5-2)61-75-78(71,72)74-60-62(58-67)76-65(69)56-53-50-47-44-41-38-34-27-24-21-18-15-12-9-6-3/h8-9,11-12,16-21,25-29,31,33-34,36,39,45,48,62-63,67H,4-7,10,13-15,22-24,30,32,35,37-38,40-44,46-47,49-61H2,1-3H3,(H,71,72)/b11-8-,12-9-,19-16-,20-17-,21-18-,28-25-,29-26-,33-31-,34-27-,39-36-,48-45-. The van der Waals surface area contributed by atoms with Gasteiger partial charge in [0.2, 0.25) is 0 Å². The summed E-state index contributed by atoms with van der Waals surface area (Å²) in [5.41, 5.74) is 0. The number of carbonyl (C=O) groups is 3. The van der Waals surface area contributed by atoms with E-state index in [1.54, 1.807) is 0 Å². The number of aliphatic hydroxyl groups is 1. The molecule has 12 heteroatoms. The minimum atomic E-state index is -4.78. The summed E-state index contributed by atoms with van der Waals surface area (Å²) < 4.78 is 39.5. The van der Waals surface area contributed by atoms with Crippen molar-refractivity contribution in [3.05, 3.63) is 134 Å². The predicted molar refractivity (Wildman–Crippen MR) is 325 cm³/mol. The zero-order valence-electron chi connectivity index (χ0n) is 48.8. The smallest absolute Gasteiger partial charge is 0.462 e. The van der Waals surface area contributed by atoms with Gasteiger partial charge in [-0.3, -0.25) is 23.4 Å². The topological polar surface area (TPSA) is 155 Å². The summed E-state index contributed by atoms with van der Waals surface area (Å²) in [6, 6.07) is 0. The second-order valence-electron chi connectivity index (χ2n) is 19.4. The third-order valence-electron chi connectivity index (χ3n) is 12.0. The van der Waals surface area contributed by atoms with Crippen molar-refractivity contribution >= 4 is 25.7 Å². The first-order valence-corrected chi connectivity index (χ1v) is 31.6. The van der Waals surface area contributed by atoms with Crippen molar-refractivity contribution in [3.63, 3.8) is 0 Å². The minimum absolute atomic E-state index is 0.0777. The first kappa shape index (κ1) is 73.6. The number of unbranched alkanes of at least 4 members (excludes halogenated alkanes) is 15. The molecule has 0 spiro atoms. The third-order valence-corrected chi connectivity index (χ3v) is 13.0. The molecular formula is C66H107O11P. The van der Waals surface area contributed by atoms with Crippen LogP contribution in [0, 0.1) is 0 Å². The average Bonchev–Trinajstić information content (AvgIpc) is 3.43. The molecule has 0 fully saturated rings. The monoisotopic (exact) mass is 1110 g/mol. The van der Waals surface area contributed by atoms with Gasteiger partial charge < -0.3 is 24.2 Å². The van der Waals surface area contributed by atoms with Crippen LogP contribution in [0.25, 0.3) is 0 Å². The molecule has 0 aromatic rings. The predicted octanol–water partition coefficient (Wildman–Crippen LogP) is 18.1. The Morgan fingerprint density at radius 2 is 0.679 bits per heavy atom. The Morgan fingerprint density at radius 1 is 0.372 bits per heavy atom. The SMILES string of the molecule is CC/C=C\C/C=C\C/C=C\C/C=C\C/C=C\CCCC(=O)OC(COC(=O)CCCCCCCC/C=C\C/C=C\C/C=C\CCCCC)COP(=O)(O)OCC(CO)OC(=O)CCCCCCC/C=C\C/C=C\C/C=C\CC. The molecule has 0 saturated carbocycles. The van der Waals surface area contributed by atoms with Crippen molar-refractivity contribution in [1.29, 1.82) is 0 Å². The highest BCUT2D eigenvalue weighted by molar-refractivity contribution is 7.47. The number of esters is 3. The Balaban J connectivity index is 4.85. The van der Waals surface area contributed by atoms with E-state index in [9.17, 15) is 28.9 Å². The van der Waals surface area contributed by atoms with Crippen LogP contribution < -0.4 is 0 Å². The first-order valence-electron chi connectivity index (χ1n) is 30.1. The molecule has 0 saturated heterocycles. The van der Waals surface area contributed by atoms with Crippen LogP contribution in [0.15, 0.2) is 134 Å². The fraction of sp³-hybridized carbons (Fsp3) is 0.621. The number of phosphoric acid groups is 1. The zero-order valence-corrected chi connectivity index (χ0v) is 49.7. The highest BCUT2D eigenvalue weighted by Crippen LogP contribution is 2.43. The second kappa shape index (κ2) is 58.8. The lowest BCUT2D eigenvalue weighted by Crippen LogP contribution is -2.30. The van der Waals surface area contributed by atoms with Crippen molar-refractivity contribution in [2.45, 2.75) is 238 Å². The van der Waals surface area contributed by atoms with Gasteiger partial charge in [-0.2, -0.15) is 0 Å². The molecule has 442 valence electrons. The van der Waals surface area contributed by atoms with Crippen LogP contribution in [0.1, 0.15) is 226 Å². The van der Waals surface area contributed by atoms with Crippen molar-refractivity contribution in [2.24, 2.45) is 0 Å². The molecule has 0 aliphatic heterocycles. The van der Waals surface area contributed by atoms with E-state index in [1.807, 2.05) is 12.2 Å². The van der Waals surface area contributed by atoms with Crippen LogP contribution in [0.3, 0.4) is 0 Å². The van der Waals surface area contributed by atoms with E-state index in [0.717, 1.165) is 135 Å². The number of aliphatic hydroxyl groups excluding tert-OH is 1. The maximum absolute atomic E-state index is 12.9. The van der Waals surface area contributed by atoms with Gasteiger partial charge >= 0.3 is 25.7 Å². The summed E-state index contributed by atoms with van der Waals surface area (Å²) in [5, 5.41) is 9.83. The quantitative estimate of drug-likeness (QED) is 0.0197. The van der Waals surface area contributed by atoms with Gasteiger partial charge in [-0.1, -0.05) is 212 Å². The van der Waals surface area contributed by atoms with E-state index < -0.39 is 57.8 Å². The van der Waals surface area contributed by atoms with E-state index >= 15 is 0 Å². The van der Waals surface area contributed by atoms with Crippen LogP contribution >= 0.6 is 7.82 Å². The van der Waals surface area contributed by atoms with Crippen LogP contribution in [-0.4, -0.2) is 66.5 Å². The van der Waals surface area contributed by atoms with E-state index in [1.165, 1.54) is 25.7 Å². The molecule has 78 heavy (non-hydrogen) atoms. The van der Waals surface area contributed by atoms with Crippen molar-refractivity contribution in [3.8, 4) is 0 Å². The Labute approximate surface area is 474 Å². The van der Waals surface area contributed by atoms with Gasteiger partial charge in [0.15, 0.2) is 6.10 Å². The molecule has 3 unspecified atom stereocenters. The summed E-state index contributed by atoms with van der Waals surface area (Å²) >= 11 is 0. The number of phosphoric ester groups is 1. The first-order chi connectivity index (χ1) is 38.2. The van der Waals surface area contributed by atoms with Crippen LogP contribution in [0.5, 0.6) is 0 Å². The Bertz CT molecular complexity index is 1820. The average molecular weight is 1110 g/mol. The number of rotatable bonds is 54. The fourth-order valence-electron chi connectivity index (χ4n) is 7.53. The van der Waals surface area contributed by atoms with Crippen molar-refractivity contribution in [2.75, 3.05) is 26.4 Å². The molecule has 2 N–H and O–H groups in total. The Hall–Kier alpha value is -4.38. The molecule has 0 aromatic carbocycles. The molecule has 0 rings (SSSR count). The molecule has 0 radical (unpaired) electrons. The minimum Gasteiger partial charge on any atom is -0.462 e. The van der Waals surface area contributed by atoms with Gasteiger partial charge in [-0.05, 0) is 128 Å². The van der Waals surface area contributed by atoms with Crippen LogP contribution in [0.2, 0.25) is 0 Å². The van der Waals surface area contributed by atoms with Crippen LogP contribution in [-0.2, 0) is 42.2 Å². The van der Waals surface area contributed by atoms with Gasteiger partial charge in [0, 0.05) is 19.3 Å². The largest absolute Gasteiger partial charge is 0.472 e. The third kappa shape index (κ3) is 56.3. The maximum Gasteiger partial charge on any atom is 0.472 e. The molecule has 11 nitrogen and oxygen atoms in total. The van der Waals surface area contributed by atoms with Crippen LogP contribution in [0.4, 0.5) is 0 Å². The molecular weight excluding hydrogens is 1000 g/mol. The number of allylic oxidation sites excluding steroid dienone is 22. The molecule has 0 aromatic heterocycles. The molecule has 0 bridgehead atoms. The lowest BCUT2D eigenvalue weighted by Gasteiger charge is -2.21. The van der Waals surface area contributed by atoms with Gasteiger partial charge in [-0.15, -0.1) is 0 Å². The molecule has 0 heterocycles. The fourth-order valence-corrected chi connectivity index (χ4v) is 8.31. The van der Waals surface area contributed by atoms with E-state index in [4.69, 9.17) is 23.3 Å². The summed E-state index contributed by atoms with van der Waals surface area (Å²) in [5.74, 6) is -1.58. The lowest BCUT2D eigenvalue weighted by molar-refractivity contribution is -0.161. The van der Waals surface area contributed by atoms with Gasteiger partial charge in [0.1, 0.15) is 12.7 Å². The molecule has 3 atom stereocenters. The van der Waals surface area contributed by atoms with E-state index in [0.29, 0.717) is 25.7 Å². The lowest BCUT2D eigenvalue weighted by atomic mass is 10.1. The van der Waals surface area contributed by atoms with Crippen molar-refractivity contribution < 1.29 is 52.2 Å². The summed E-state index contributed by atoms with van der Waals surface area (Å²) in [4.78, 5) is 48.6. The number of ether oxygens (including phenoxy) is 3. The number of carbonyl (C=O) groups excluding carboxylic acids is 3. The van der Waals surface area contributed by atoms with E-state index in [-0.39, 0.29) is 25.9 Å². The summed E-state index contributed by atoms with van der Waals surface area (Å²) in [7, 11) is -4.78. The second-order valence-corrected chi connectivity index (χ2v) is 20.8. The van der Waals surface area contributed by atoms with Gasteiger partial charge in [0.25, 0.3) is 0 Å². The summed E-state index contributed by atoms with van der Waals surface area (Å²) in [6.45, 7) is 4.28. The maximum atomic E-state index is 12.9. The molecule has 0 aliphatic carbocycles. The normalized spacial score (nSPS) is 14.3.